The summed E-state index contributed by atoms with van der Waals surface area (Å²) < 4.78 is 0. The molecular formula is C8H16NO2P. The van der Waals surface area contributed by atoms with Crippen LogP contribution in [0.5, 0.6) is 0 Å². The molecule has 1 aliphatic rings. The van der Waals surface area contributed by atoms with E-state index in [1.54, 1.807) is 0 Å². The van der Waals surface area contributed by atoms with Crippen molar-refractivity contribution in [2.45, 2.75) is 31.5 Å². The summed E-state index contributed by atoms with van der Waals surface area (Å²) >= 11 is 0. The number of nitrogens with zero attached hydrogens (tertiary/aromatic N) is 1. The van der Waals surface area contributed by atoms with Gasteiger partial charge in [0.1, 0.15) is 0 Å². The highest BCUT2D eigenvalue weighted by Gasteiger charge is 2.19. The molecular weight excluding hydrogens is 173 g/mol. The van der Waals surface area contributed by atoms with Crippen LogP contribution in [0.25, 0.3) is 0 Å². The lowest BCUT2D eigenvalue weighted by Crippen LogP contribution is -2.26. The molecule has 2 atom stereocenters. The van der Waals surface area contributed by atoms with Gasteiger partial charge in [0.15, 0.2) is 0 Å². The molecule has 0 saturated carbocycles. The first-order chi connectivity index (χ1) is 5.70. The number of carboxylic acid groups (broad SMARTS) is 1. The van der Waals surface area contributed by atoms with Gasteiger partial charge < -0.3 is 5.11 Å². The number of likely N-dealkylation sites (tertiary alicyclic amines) is 1. The fraction of sp³-hybridized carbons (Fsp3) is 0.875. The molecule has 0 bridgehead atoms. The van der Waals surface area contributed by atoms with E-state index in [9.17, 15) is 4.79 Å². The second-order valence-electron chi connectivity index (χ2n) is 3.24. The van der Waals surface area contributed by atoms with E-state index >= 15 is 0 Å². The van der Waals surface area contributed by atoms with E-state index in [0.29, 0.717) is 12.2 Å². The van der Waals surface area contributed by atoms with Crippen molar-refractivity contribution in [1.82, 2.24) is 4.90 Å². The van der Waals surface area contributed by atoms with Crippen molar-refractivity contribution in [2.24, 2.45) is 0 Å². The molecule has 1 heterocycles. The van der Waals surface area contributed by atoms with Gasteiger partial charge in [0.05, 0.1) is 0 Å². The Kier molecular flexibility index (Phi) is 3.96. The number of rotatable bonds is 4. The van der Waals surface area contributed by atoms with Gasteiger partial charge in [0.2, 0.25) is 0 Å². The molecule has 1 rings (SSSR count). The normalized spacial score (nSPS) is 24.6. The summed E-state index contributed by atoms with van der Waals surface area (Å²) in [6.07, 6.45) is 3.56. The van der Waals surface area contributed by atoms with Gasteiger partial charge in [-0.3, -0.25) is 9.69 Å². The van der Waals surface area contributed by atoms with E-state index in [2.05, 4.69) is 14.1 Å². The van der Waals surface area contributed by atoms with Crippen LogP contribution in [0.4, 0.5) is 0 Å². The largest absolute Gasteiger partial charge is 0.481 e. The molecule has 0 radical (unpaired) electrons. The number of carboxylic acids is 1. The van der Waals surface area contributed by atoms with Gasteiger partial charge in [-0.1, -0.05) is 0 Å². The van der Waals surface area contributed by atoms with Gasteiger partial charge in [-0.15, -0.1) is 9.24 Å². The Morgan fingerprint density at radius 3 is 2.92 bits per heavy atom. The van der Waals surface area contributed by atoms with Crippen LogP contribution in [0.2, 0.25) is 0 Å². The predicted octanol–water partition coefficient (Wildman–Crippen LogP) is 1.15. The lowest BCUT2D eigenvalue weighted by Gasteiger charge is -2.19. The Hall–Kier alpha value is -0.140. The lowest BCUT2D eigenvalue weighted by molar-refractivity contribution is -0.137. The summed E-state index contributed by atoms with van der Waals surface area (Å²) in [7, 11) is 2.81. The summed E-state index contributed by atoms with van der Waals surface area (Å²) in [6.45, 7) is 2.06. The van der Waals surface area contributed by atoms with Crippen LogP contribution in [-0.4, -0.2) is 34.8 Å². The number of carbonyl (C=O) groups is 1. The van der Waals surface area contributed by atoms with Crippen molar-refractivity contribution in [1.29, 1.82) is 0 Å². The van der Waals surface area contributed by atoms with E-state index in [-0.39, 0.29) is 0 Å². The van der Waals surface area contributed by atoms with Gasteiger partial charge >= 0.3 is 5.97 Å². The van der Waals surface area contributed by atoms with E-state index in [4.69, 9.17) is 5.11 Å². The Morgan fingerprint density at radius 2 is 2.42 bits per heavy atom. The molecule has 0 spiro atoms. The zero-order valence-corrected chi connectivity index (χ0v) is 8.35. The summed E-state index contributed by atoms with van der Waals surface area (Å²) in [6, 6.07) is 0. The summed E-state index contributed by atoms with van der Waals surface area (Å²) in [5, 5.41) is 8.43. The van der Waals surface area contributed by atoms with Crippen molar-refractivity contribution < 1.29 is 9.90 Å². The monoisotopic (exact) mass is 189 g/mol. The van der Waals surface area contributed by atoms with Crippen molar-refractivity contribution in [3.63, 3.8) is 0 Å². The molecule has 1 saturated heterocycles. The smallest absolute Gasteiger partial charge is 0.303 e. The van der Waals surface area contributed by atoms with Gasteiger partial charge in [-0.25, -0.2) is 0 Å². The summed E-state index contributed by atoms with van der Waals surface area (Å²) in [4.78, 5) is 12.6. The molecule has 1 N–H and O–H groups in total. The van der Waals surface area contributed by atoms with Crippen molar-refractivity contribution >= 4 is 15.2 Å². The third kappa shape index (κ3) is 3.08. The highest BCUT2D eigenvalue weighted by atomic mass is 31.0. The molecule has 1 fully saturated rings. The zero-order chi connectivity index (χ0) is 8.97. The number of aliphatic carboxylic acids is 1. The van der Waals surface area contributed by atoms with Crippen molar-refractivity contribution in [3.05, 3.63) is 0 Å². The first-order valence-electron chi connectivity index (χ1n) is 4.41. The van der Waals surface area contributed by atoms with E-state index in [1.165, 1.54) is 12.8 Å². The van der Waals surface area contributed by atoms with Crippen LogP contribution in [-0.2, 0) is 4.79 Å². The molecule has 0 aromatic carbocycles. The van der Waals surface area contributed by atoms with Gasteiger partial charge in [0.25, 0.3) is 0 Å². The van der Waals surface area contributed by atoms with Crippen LogP contribution >= 0.6 is 9.24 Å². The Bertz CT molecular complexity index is 163. The Morgan fingerprint density at radius 1 is 1.67 bits per heavy atom. The molecule has 3 nitrogen and oxygen atoms in total. The van der Waals surface area contributed by atoms with Crippen LogP contribution in [0.15, 0.2) is 0 Å². The van der Waals surface area contributed by atoms with Gasteiger partial charge in [-0.2, -0.15) is 0 Å². The molecule has 0 aromatic heterocycles. The van der Waals surface area contributed by atoms with E-state index in [1.807, 2.05) is 0 Å². The molecule has 1 unspecified atom stereocenters. The van der Waals surface area contributed by atoms with E-state index < -0.39 is 5.97 Å². The SMILES string of the molecule is O=C(O)CCCN1CCC[C@@H]1P. The number of hydrogen-bond donors (Lipinski definition) is 1. The quantitative estimate of drug-likeness (QED) is 0.674. The van der Waals surface area contributed by atoms with Crippen LogP contribution in [0.3, 0.4) is 0 Å². The highest BCUT2D eigenvalue weighted by Crippen LogP contribution is 2.22. The van der Waals surface area contributed by atoms with Crippen LogP contribution in [0, 0.1) is 0 Å². The average Bonchev–Trinajstić information content (AvgIpc) is 2.36. The minimum absolute atomic E-state index is 0.299. The average molecular weight is 189 g/mol. The minimum atomic E-state index is -0.686. The van der Waals surface area contributed by atoms with E-state index in [0.717, 1.165) is 19.5 Å². The highest BCUT2D eigenvalue weighted by molar-refractivity contribution is 7.17. The fourth-order valence-corrected chi connectivity index (χ4v) is 2.10. The molecule has 0 aromatic rings. The summed E-state index contributed by atoms with van der Waals surface area (Å²) in [5.41, 5.74) is 0. The van der Waals surface area contributed by atoms with Gasteiger partial charge in [-0.05, 0) is 32.4 Å². The molecule has 0 aliphatic carbocycles. The lowest BCUT2D eigenvalue weighted by atomic mass is 10.3. The fourth-order valence-electron chi connectivity index (χ4n) is 1.56. The van der Waals surface area contributed by atoms with Gasteiger partial charge in [0, 0.05) is 12.2 Å². The Labute approximate surface area is 75.3 Å². The van der Waals surface area contributed by atoms with Crippen molar-refractivity contribution in [2.75, 3.05) is 13.1 Å². The zero-order valence-electron chi connectivity index (χ0n) is 7.20. The topological polar surface area (TPSA) is 40.5 Å². The molecule has 1 aliphatic heterocycles. The second kappa shape index (κ2) is 4.78. The second-order valence-corrected chi connectivity index (χ2v) is 4.01. The molecule has 0 amide bonds. The summed E-state index contributed by atoms with van der Waals surface area (Å²) in [5.74, 6) is -0.103. The third-order valence-electron chi connectivity index (χ3n) is 2.25. The molecule has 70 valence electrons. The first-order valence-corrected chi connectivity index (χ1v) is 5.08. The maximum atomic E-state index is 10.2. The number of hydrogen-bond acceptors (Lipinski definition) is 2. The molecule has 4 heteroatoms. The van der Waals surface area contributed by atoms with Crippen LogP contribution in [0.1, 0.15) is 25.7 Å². The van der Waals surface area contributed by atoms with Crippen molar-refractivity contribution in [3.8, 4) is 0 Å². The standard InChI is InChI=1S/C8H16NO2P/c10-8(11)4-2-6-9-5-1-3-7(9)12/h7H,1-6,12H2,(H,10,11)/t7-/m0/s1. The first kappa shape index (κ1) is 9.94. The maximum Gasteiger partial charge on any atom is 0.303 e. The third-order valence-corrected chi connectivity index (χ3v) is 3.01. The predicted molar refractivity (Wildman–Crippen MR) is 51.2 cm³/mol. The maximum absolute atomic E-state index is 10.2. The minimum Gasteiger partial charge on any atom is -0.481 e. The van der Waals surface area contributed by atoms with Crippen LogP contribution < -0.4 is 0 Å². The Balaban J connectivity index is 2.10. The molecule has 12 heavy (non-hydrogen) atoms.